The summed E-state index contributed by atoms with van der Waals surface area (Å²) in [6, 6.07) is 4.40. The van der Waals surface area contributed by atoms with Crippen molar-refractivity contribution < 1.29 is 19.4 Å². The number of benzene rings is 1. The first kappa shape index (κ1) is 13.7. The van der Waals surface area contributed by atoms with Crippen molar-refractivity contribution in [2.45, 2.75) is 38.5 Å². The van der Waals surface area contributed by atoms with Crippen LogP contribution in [0.3, 0.4) is 0 Å². The lowest BCUT2D eigenvalue weighted by Gasteiger charge is -2.50. The standard InChI is InChI=1S/C15H18N2O4/c1-3-6-17-14(20)16-11-8-15(17,2)21-12-5-4-9(13(18)19)7-10(11)12/h4-5,7,11H,3,6,8H2,1-2H3,(H,16,20)(H,18,19)/t11-,15+/m1/s1. The van der Waals surface area contributed by atoms with Crippen molar-refractivity contribution in [3.8, 4) is 5.75 Å². The minimum atomic E-state index is -0.985. The van der Waals surface area contributed by atoms with E-state index in [4.69, 9.17) is 9.84 Å². The Morgan fingerprint density at radius 2 is 2.33 bits per heavy atom. The van der Waals surface area contributed by atoms with Crippen LogP contribution in [-0.4, -0.2) is 34.3 Å². The highest BCUT2D eigenvalue weighted by Crippen LogP contribution is 2.44. The highest BCUT2D eigenvalue weighted by atomic mass is 16.5. The Morgan fingerprint density at radius 3 is 3.00 bits per heavy atom. The summed E-state index contributed by atoms with van der Waals surface area (Å²) in [4.78, 5) is 25.0. The summed E-state index contributed by atoms with van der Waals surface area (Å²) >= 11 is 0. The maximum absolute atomic E-state index is 12.3. The molecule has 0 saturated carbocycles. The number of amides is 2. The lowest BCUT2D eigenvalue weighted by molar-refractivity contribution is -0.0836. The molecule has 0 spiro atoms. The second-order valence-corrected chi connectivity index (χ2v) is 5.69. The van der Waals surface area contributed by atoms with E-state index in [-0.39, 0.29) is 17.6 Å². The molecule has 0 aliphatic carbocycles. The zero-order chi connectivity index (χ0) is 15.2. The summed E-state index contributed by atoms with van der Waals surface area (Å²) in [6.07, 6.45) is 1.46. The Labute approximate surface area is 122 Å². The van der Waals surface area contributed by atoms with Crippen molar-refractivity contribution in [1.29, 1.82) is 0 Å². The number of carboxylic acids is 1. The molecule has 2 aliphatic rings. The van der Waals surface area contributed by atoms with Crippen LogP contribution in [-0.2, 0) is 0 Å². The lowest BCUT2D eigenvalue weighted by atomic mass is 9.89. The Hall–Kier alpha value is -2.24. The minimum Gasteiger partial charge on any atom is -0.478 e. The molecule has 2 N–H and O–H groups in total. The fraction of sp³-hybridized carbons (Fsp3) is 0.467. The monoisotopic (exact) mass is 290 g/mol. The van der Waals surface area contributed by atoms with Crippen molar-refractivity contribution in [2.24, 2.45) is 0 Å². The number of ether oxygens (including phenoxy) is 1. The number of fused-ring (bicyclic) bond motifs is 4. The summed E-state index contributed by atoms with van der Waals surface area (Å²) in [6.45, 7) is 4.54. The molecule has 1 aromatic rings. The predicted octanol–water partition coefficient (Wildman–Crippen LogP) is 2.36. The van der Waals surface area contributed by atoms with Crippen LogP contribution < -0.4 is 10.1 Å². The summed E-state index contributed by atoms with van der Waals surface area (Å²) in [5.41, 5.74) is 0.254. The van der Waals surface area contributed by atoms with Gasteiger partial charge >= 0.3 is 12.0 Å². The van der Waals surface area contributed by atoms with Crippen LogP contribution in [0.25, 0.3) is 0 Å². The van der Waals surface area contributed by atoms with Gasteiger partial charge in [0.1, 0.15) is 5.75 Å². The number of nitrogens with one attached hydrogen (secondary N) is 1. The molecule has 2 atom stereocenters. The van der Waals surface area contributed by atoms with Crippen LogP contribution >= 0.6 is 0 Å². The average Bonchev–Trinajstić information content (AvgIpc) is 2.42. The summed E-state index contributed by atoms with van der Waals surface area (Å²) < 4.78 is 6.03. The van der Waals surface area contributed by atoms with E-state index in [1.165, 1.54) is 6.07 Å². The van der Waals surface area contributed by atoms with Gasteiger partial charge in [0.2, 0.25) is 0 Å². The molecule has 2 bridgehead atoms. The predicted molar refractivity (Wildman–Crippen MR) is 75.3 cm³/mol. The van der Waals surface area contributed by atoms with Gasteiger partial charge in [0.15, 0.2) is 5.72 Å². The molecule has 1 fully saturated rings. The number of rotatable bonds is 3. The normalized spacial score (nSPS) is 26.7. The fourth-order valence-electron chi connectivity index (χ4n) is 3.11. The topological polar surface area (TPSA) is 78.9 Å². The van der Waals surface area contributed by atoms with Gasteiger partial charge in [-0.05, 0) is 31.5 Å². The van der Waals surface area contributed by atoms with Crippen LogP contribution in [0.5, 0.6) is 5.75 Å². The van der Waals surface area contributed by atoms with Crippen molar-refractivity contribution in [3.63, 3.8) is 0 Å². The molecule has 0 aromatic heterocycles. The Balaban J connectivity index is 2.02. The second-order valence-electron chi connectivity index (χ2n) is 5.69. The number of nitrogens with zero attached hydrogens (tertiary/aromatic N) is 1. The van der Waals surface area contributed by atoms with Crippen LogP contribution in [0.15, 0.2) is 18.2 Å². The van der Waals surface area contributed by atoms with E-state index in [9.17, 15) is 9.59 Å². The van der Waals surface area contributed by atoms with E-state index in [2.05, 4.69) is 5.32 Å². The van der Waals surface area contributed by atoms with Crippen LogP contribution in [0.4, 0.5) is 4.79 Å². The largest absolute Gasteiger partial charge is 0.478 e. The number of carbonyl (C=O) groups excluding carboxylic acids is 1. The fourth-order valence-corrected chi connectivity index (χ4v) is 3.11. The van der Waals surface area contributed by atoms with E-state index < -0.39 is 11.7 Å². The van der Waals surface area contributed by atoms with Crippen LogP contribution in [0.2, 0.25) is 0 Å². The molecule has 1 aromatic carbocycles. The molecule has 2 heterocycles. The molecular formula is C15H18N2O4. The number of aromatic carboxylic acids is 1. The molecule has 6 nitrogen and oxygen atoms in total. The van der Waals surface area contributed by atoms with Gasteiger partial charge in [-0.15, -0.1) is 0 Å². The molecule has 1 saturated heterocycles. The SMILES string of the molecule is CCCN1C(=O)N[C@@H]2C[C@]1(C)Oc1ccc(C(=O)O)cc12. The molecule has 21 heavy (non-hydrogen) atoms. The quantitative estimate of drug-likeness (QED) is 0.895. The molecule has 0 unspecified atom stereocenters. The number of carboxylic acid groups (broad SMARTS) is 1. The molecule has 2 amide bonds. The van der Waals surface area contributed by atoms with E-state index in [0.29, 0.717) is 18.7 Å². The zero-order valence-electron chi connectivity index (χ0n) is 12.0. The Kier molecular flexibility index (Phi) is 3.04. The maximum atomic E-state index is 12.3. The smallest absolute Gasteiger partial charge is 0.335 e. The maximum Gasteiger partial charge on any atom is 0.335 e. The van der Waals surface area contributed by atoms with E-state index >= 15 is 0 Å². The van der Waals surface area contributed by atoms with E-state index in [1.54, 1.807) is 17.0 Å². The molecule has 0 radical (unpaired) electrons. The first-order chi connectivity index (χ1) is 9.94. The molecule has 112 valence electrons. The number of carbonyl (C=O) groups is 2. The van der Waals surface area contributed by atoms with Gasteiger partial charge in [0.25, 0.3) is 0 Å². The highest BCUT2D eigenvalue weighted by molar-refractivity contribution is 5.88. The van der Waals surface area contributed by atoms with Crippen LogP contribution in [0, 0.1) is 0 Å². The number of hydrogen-bond donors (Lipinski definition) is 2. The van der Waals surface area contributed by atoms with Crippen molar-refractivity contribution in [2.75, 3.05) is 6.54 Å². The second kappa shape index (κ2) is 4.65. The summed E-state index contributed by atoms with van der Waals surface area (Å²) in [5, 5.41) is 12.0. The van der Waals surface area contributed by atoms with Gasteiger partial charge in [0.05, 0.1) is 11.6 Å². The van der Waals surface area contributed by atoms with Gasteiger partial charge in [-0.25, -0.2) is 9.59 Å². The van der Waals surface area contributed by atoms with Gasteiger partial charge in [0, 0.05) is 18.5 Å². The molecule has 6 heteroatoms. The van der Waals surface area contributed by atoms with Gasteiger partial charge in [-0.3, -0.25) is 4.90 Å². The Bertz CT molecular complexity index is 616. The average molecular weight is 290 g/mol. The van der Waals surface area contributed by atoms with E-state index in [0.717, 1.165) is 12.0 Å². The van der Waals surface area contributed by atoms with Crippen molar-refractivity contribution in [3.05, 3.63) is 29.3 Å². The summed E-state index contributed by atoms with van der Waals surface area (Å²) in [5.74, 6) is -0.347. The van der Waals surface area contributed by atoms with Gasteiger partial charge in [-0.2, -0.15) is 0 Å². The zero-order valence-corrected chi connectivity index (χ0v) is 12.0. The Morgan fingerprint density at radius 1 is 1.57 bits per heavy atom. The molecule has 2 aliphatic heterocycles. The third kappa shape index (κ3) is 2.11. The van der Waals surface area contributed by atoms with Crippen molar-refractivity contribution in [1.82, 2.24) is 10.2 Å². The molecular weight excluding hydrogens is 272 g/mol. The van der Waals surface area contributed by atoms with Crippen molar-refractivity contribution >= 4 is 12.0 Å². The van der Waals surface area contributed by atoms with E-state index in [1.807, 2.05) is 13.8 Å². The number of hydrogen-bond acceptors (Lipinski definition) is 3. The summed E-state index contributed by atoms with van der Waals surface area (Å²) in [7, 11) is 0. The minimum absolute atomic E-state index is 0.165. The first-order valence-corrected chi connectivity index (χ1v) is 7.09. The van der Waals surface area contributed by atoms with Gasteiger partial charge in [-0.1, -0.05) is 6.92 Å². The number of urea groups is 1. The lowest BCUT2D eigenvalue weighted by Crippen LogP contribution is -2.64. The highest BCUT2D eigenvalue weighted by Gasteiger charge is 2.48. The van der Waals surface area contributed by atoms with Gasteiger partial charge < -0.3 is 15.2 Å². The van der Waals surface area contributed by atoms with Crippen LogP contribution in [0.1, 0.15) is 48.7 Å². The molecule has 3 rings (SSSR count). The third-order valence-electron chi connectivity index (χ3n) is 4.11. The third-order valence-corrected chi connectivity index (χ3v) is 4.11. The first-order valence-electron chi connectivity index (χ1n) is 7.09.